The Hall–Kier alpha value is -0.885. The summed E-state index contributed by atoms with van der Waals surface area (Å²) < 4.78 is 24.5. The molecule has 1 aromatic carbocycles. The number of sulfone groups is 1. The van der Waals surface area contributed by atoms with Crippen LogP contribution in [0.2, 0.25) is 0 Å². The van der Waals surface area contributed by atoms with Gasteiger partial charge in [-0.05, 0) is 45.0 Å². The molecule has 0 saturated heterocycles. The maximum atomic E-state index is 12.3. The third-order valence-corrected chi connectivity index (χ3v) is 5.05. The lowest BCUT2D eigenvalue weighted by Crippen LogP contribution is -2.31. The molecule has 0 aliphatic carbocycles. The summed E-state index contributed by atoms with van der Waals surface area (Å²) in [6.07, 6.45) is 0. The van der Waals surface area contributed by atoms with Crippen LogP contribution in [0.3, 0.4) is 0 Å². The molecule has 0 heterocycles. The lowest BCUT2D eigenvalue weighted by molar-refractivity contribution is 0.398. The van der Waals surface area contributed by atoms with E-state index in [1.54, 1.807) is 13.8 Å². The van der Waals surface area contributed by atoms with E-state index in [1.807, 2.05) is 19.0 Å². The first-order chi connectivity index (χ1) is 8.66. The molecule has 1 rings (SSSR count). The fourth-order valence-corrected chi connectivity index (χ4v) is 3.01. The average Bonchev–Trinajstić information content (AvgIpc) is 2.27. The predicted octanol–water partition coefficient (Wildman–Crippen LogP) is -0.390. The van der Waals surface area contributed by atoms with Gasteiger partial charge in [-0.3, -0.25) is 0 Å². The first kappa shape index (κ1) is 16.2. The fourth-order valence-electron chi connectivity index (χ4n) is 1.76. The molecule has 19 heavy (non-hydrogen) atoms. The van der Waals surface area contributed by atoms with Gasteiger partial charge in [0, 0.05) is 6.54 Å². The van der Waals surface area contributed by atoms with Crippen LogP contribution >= 0.6 is 0 Å². The van der Waals surface area contributed by atoms with Gasteiger partial charge in [0.2, 0.25) is 0 Å². The first-order valence-electron chi connectivity index (χ1n) is 6.04. The first-order valence-corrected chi connectivity index (χ1v) is 7.58. The van der Waals surface area contributed by atoms with Gasteiger partial charge in [-0.1, -0.05) is 12.1 Å². The highest BCUT2D eigenvalue weighted by Gasteiger charge is 2.24. The summed E-state index contributed by atoms with van der Waals surface area (Å²) in [5.74, 6) is 0. The molecule has 0 amide bonds. The van der Waals surface area contributed by atoms with Crippen molar-refractivity contribution in [3.05, 3.63) is 23.8 Å². The van der Waals surface area contributed by atoms with Gasteiger partial charge in [0.25, 0.3) is 0 Å². The van der Waals surface area contributed by atoms with Crippen LogP contribution in [0.4, 0.5) is 0 Å². The standard InChI is InChI=1S/C12H20BNO4S/c1-9(2)19(17,18)12-6-5-11(13(15)16)7-10(12)8-14(3)4/h5-7,9,15-16H,8H2,1-4H3. The summed E-state index contributed by atoms with van der Waals surface area (Å²) in [4.78, 5) is 2.09. The van der Waals surface area contributed by atoms with Crippen molar-refractivity contribution in [2.75, 3.05) is 14.1 Å². The number of hydrogen-bond donors (Lipinski definition) is 2. The Morgan fingerprint density at radius 3 is 2.26 bits per heavy atom. The lowest BCUT2D eigenvalue weighted by Gasteiger charge is -2.17. The predicted molar refractivity (Wildman–Crippen MR) is 76.0 cm³/mol. The fraction of sp³-hybridized carbons (Fsp3) is 0.500. The Morgan fingerprint density at radius 2 is 1.84 bits per heavy atom. The highest BCUT2D eigenvalue weighted by molar-refractivity contribution is 7.92. The van der Waals surface area contributed by atoms with E-state index in [-0.39, 0.29) is 4.90 Å². The second kappa shape index (κ2) is 6.05. The van der Waals surface area contributed by atoms with E-state index in [0.717, 1.165) is 0 Å². The largest absolute Gasteiger partial charge is 0.488 e. The summed E-state index contributed by atoms with van der Waals surface area (Å²) in [5.41, 5.74) is 0.865. The van der Waals surface area contributed by atoms with Crippen LogP contribution in [-0.2, 0) is 16.4 Å². The molecule has 0 fully saturated rings. The molecule has 0 aromatic heterocycles. The number of benzene rings is 1. The third kappa shape index (κ3) is 3.79. The Labute approximate surface area is 114 Å². The van der Waals surface area contributed by atoms with Crippen LogP contribution in [0.1, 0.15) is 19.4 Å². The van der Waals surface area contributed by atoms with E-state index in [9.17, 15) is 18.5 Å². The molecule has 0 aliphatic heterocycles. The van der Waals surface area contributed by atoms with Gasteiger partial charge in [0.15, 0.2) is 9.84 Å². The summed E-state index contributed by atoms with van der Waals surface area (Å²) in [6, 6.07) is 4.40. The molecular weight excluding hydrogens is 265 g/mol. The highest BCUT2D eigenvalue weighted by atomic mass is 32.2. The molecule has 0 radical (unpaired) electrons. The minimum Gasteiger partial charge on any atom is -0.423 e. The van der Waals surface area contributed by atoms with Crippen molar-refractivity contribution >= 4 is 22.4 Å². The van der Waals surface area contributed by atoms with Gasteiger partial charge in [-0.25, -0.2) is 8.42 Å². The van der Waals surface area contributed by atoms with E-state index in [4.69, 9.17) is 0 Å². The SMILES string of the molecule is CC(C)S(=O)(=O)c1ccc(B(O)O)cc1CN(C)C. The quantitative estimate of drug-likeness (QED) is 0.720. The topological polar surface area (TPSA) is 77.8 Å². The van der Waals surface area contributed by atoms with Crippen molar-refractivity contribution < 1.29 is 18.5 Å². The van der Waals surface area contributed by atoms with Crippen LogP contribution in [0, 0.1) is 0 Å². The summed E-state index contributed by atoms with van der Waals surface area (Å²) in [7, 11) is -1.33. The smallest absolute Gasteiger partial charge is 0.423 e. The van der Waals surface area contributed by atoms with Gasteiger partial charge in [0.1, 0.15) is 0 Å². The Bertz CT molecular complexity index is 541. The molecule has 0 bridgehead atoms. The third-order valence-electron chi connectivity index (χ3n) is 2.80. The second-order valence-corrected chi connectivity index (χ2v) is 7.55. The highest BCUT2D eigenvalue weighted by Crippen LogP contribution is 2.20. The van der Waals surface area contributed by atoms with Crippen molar-refractivity contribution in [1.29, 1.82) is 0 Å². The molecule has 106 valence electrons. The van der Waals surface area contributed by atoms with Gasteiger partial charge in [-0.15, -0.1) is 0 Å². The lowest BCUT2D eigenvalue weighted by atomic mass is 9.79. The molecule has 7 heteroatoms. The molecule has 0 saturated carbocycles. The molecule has 5 nitrogen and oxygen atoms in total. The molecule has 0 unspecified atom stereocenters. The van der Waals surface area contributed by atoms with Crippen LogP contribution < -0.4 is 5.46 Å². The number of nitrogens with zero attached hydrogens (tertiary/aromatic N) is 1. The van der Waals surface area contributed by atoms with E-state index in [2.05, 4.69) is 0 Å². The Balaban J connectivity index is 3.39. The zero-order valence-corrected chi connectivity index (χ0v) is 12.5. The Morgan fingerprint density at radius 1 is 1.26 bits per heavy atom. The van der Waals surface area contributed by atoms with Crippen molar-refractivity contribution in [2.24, 2.45) is 0 Å². The van der Waals surface area contributed by atoms with Crippen LogP contribution in [0.15, 0.2) is 23.1 Å². The summed E-state index contributed by atoms with van der Waals surface area (Å²) in [5, 5.41) is 17.8. The monoisotopic (exact) mass is 285 g/mol. The van der Waals surface area contributed by atoms with Gasteiger partial charge >= 0.3 is 7.12 Å². The summed E-state index contributed by atoms with van der Waals surface area (Å²) in [6.45, 7) is 3.68. The second-order valence-electron chi connectivity index (χ2n) is 5.07. The zero-order chi connectivity index (χ0) is 14.8. The van der Waals surface area contributed by atoms with Gasteiger partial charge in [-0.2, -0.15) is 0 Å². The minimum absolute atomic E-state index is 0.251. The molecule has 0 aliphatic rings. The average molecular weight is 285 g/mol. The summed E-state index contributed by atoms with van der Waals surface area (Å²) >= 11 is 0. The van der Waals surface area contributed by atoms with Crippen molar-refractivity contribution in [1.82, 2.24) is 4.90 Å². The van der Waals surface area contributed by atoms with Crippen molar-refractivity contribution in [3.8, 4) is 0 Å². The van der Waals surface area contributed by atoms with E-state index < -0.39 is 22.2 Å². The van der Waals surface area contributed by atoms with Crippen molar-refractivity contribution in [2.45, 2.75) is 30.5 Å². The molecule has 1 aromatic rings. The maximum absolute atomic E-state index is 12.3. The van der Waals surface area contributed by atoms with E-state index in [0.29, 0.717) is 17.6 Å². The van der Waals surface area contributed by atoms with Crippen LogP contribution in [-0.4, -0.2) is 49.8 Å². The van der Waals surface area contributed by atoms with Crippen LogP contribution in [0.5, 0.6) is 0 Å². The maximum Gasteiger partial charge on any atom is 0.488 e. The van der Waals surface area contributed by atoms with Gasteiger partial charge < -0.3 is 14.9 Å². The zero-order valence-electron chi connectivity index (χ0n) is 11.7. The Kier molecular flexibility index (Phi) is 5.14. The normalized spacial score (nSPS) is 12.2. The molecule has 0 atom stereocenters. The molecule has 0 spiro atoms. The molecular formula is C12H20BNO4S. The van der Waals surface area contributed by atoms with Gasteiger partial charge in [0.05, 0.1) is 10.1 Å². The molecule has 2 N–H and O–H groups in total. The minimum atomic E-state index is -3.39. The van der Waals surface area contributed by atoms with Crippen molar-refractivity contribution in [3.63, 3.8) is 0 Å². The number of hydrogen-bond acceptors (Lipinski definition) is 5. The van der Waals surface area contributed by atoms with E-state index in [1.165, 1.54) is 18.2 Å². The van der Waals surface area contributed by atoms with E-state index >= 15 is 0 Å². The van der Waals surface area contributed by atoms with Crippen LogP contribution in [0.25, 0.3) is 0 Å². The number of rotatable bonds is 5.